The van der Waals surface area contributed by atoms with E-state index in [1.165, 1.54) is 7.11 Å². The van der Waals surface area contributed by atoms with Gasteiger partial charge in [-0.25, -0.2) is 4.79 Å². The number of rotatable bonds is 5. The van der Waals surface area contributed by atoms with Crippen LogP contribution in [-0.4, -0.2) is 20.2 Å². The topological polar surface area (TPSA) is 70.8 Å². The molecule has 0 aromatic heterocycles. The van der Waals surface area contributed by atoms with Crippen LogP contribution in [0.3, 0.4) is 0 Å². The normalized spacial score (nSPS) is 10.0. The molecule has 0 saturated carbocycles. The van der Waals surface area contributed by atoms with Crippen LogP contribution in [0.15, 0.2) is 42.5 Å². The lowest BCUT2D eigenvalue weighted by molar-refractivity contribution is 0.0466. The predicted octanol–water partition coefficient (Wildman–Crippen LogP) is 2.64. The monoisotopic (exact) mass is 287 g/mol. The summed E-state index contributed by atoms with van der Waals surface area (Å²) in [6.07, 6.45) is 0. The van der Waals surface area contributed by atoms with Crippen molar-refractivity contribution in [2.75, 3.05) is 20.0 Å². The lowest BCUT2D eigenvalue weighted by atomic mass is 10.2. The maximum Gasteiger partial charge on any atom is 0.342 e. The first-order valence-corrected chi connectivity index (χ1v) is 6.38. The van der Waals surface area contributed by atoms with Crippen LogP contribution in [0.1, 0.15) is 15.9 Å². The highest BCUT2D eigenvalue weighted by molar-refractivity contribution is 5.93. The van der Waals surface area contributed by atoms with Gasteiger partial charge in [0, 0.05) is 17.3 Å². The number of esters is 1. The Morgan fingerprint density at radius 1 is 1.05 bits per heavy atom. The summed E-state index contributed by atoms with van der Waals surface area (Å²) in [4.78, 5) is 12.1. The molecule has 2 aromatic rings. The second-order valence-electron chi connectivity index (χ2n) is 4.35. The second-order valence-corrected chi connectivity index (χ2v) is 4.35. The van der Waals surface area contributed by atoms with Gasteiger partial charge in [0.2, 0.25) is 0 Å². The molecular weight excluding hydrogens is 270 g/mol. The summed E-state index contributed by atoms with van der Waals surface area (Å²) in [5, 5.41) is 0. The van der Waals surface area contributed by atoms with E-state index in [0.717, 1.165) is 5.56 Å². The molecule has 2 aromatic carbocycles. The van der Waals surface area contributed by atoms with Crippen LogP contribution in [-0.2, 0) is 11.3 Å². The van der Waals surface area contributed by atoms with Crippen LogP contribution >= 0.6 is 0 Å². The van der Waals surface area contributed by atoms with Crippen LogP contribution in [0, 0.1) is 0 Å². The number of nitrogen functional groups attached to an aromatic ring is 1. The van der Waals surface area contributed by atoms with Gasteiger partial charge in [0.15, 0.2) is 0 Å². The Hall–Kier alpha value is -2.69. The molecule has 5 heteroatoms. The van der Waals surface area contributed by atoms with Gasteiger partial charge in [-0.05, 0) is 18.2 Å². The Labute approximate surface area is 123 Å². The van der Waals surface area contributed by atoms with Crippen molar-refractivity contribution >= 4 is 11.7 Å². The van der Waals surface area contributed by atoms with E-state index in [1.54, 1.807) is 25.3 Å². The van der Waals surface area contributed by atoms with E-state index in [1.807, 2.05) is 24.3 Å². The van der Waals surface area contributed by atoms with Crippen LogP contribution < -0.4 is 15.2 Å². The van der Waals surface area contributed by atoms with E-state index in [-0.39, 0.29) is 6.61 Å². The molecule has 0 aliphatic rings. The Bertz CT molecular complexity index is 640. The highest BCUT2D eigenvalue weighted by Gasteiger charge is 2.15. The molecule has 5 nitrogen and oxygen atoms in total. The molecule has 0 saturated heterocycles. The van der Waals surface area contributed by atoms with Gasteiger partial charge in [-0.15, -0.1) is 0 Å². The summed E-state index contributed by atoms with van der Waals surface area (Å²) in [5.74, 6) is 0.590. The zero-order valence-corrected chi connectivity index (χ0v) is 12.0. The fourth-order valence-corrected chi connectivity index (χ4v) is 1.92. The lowest BCUT2D eigenvalue weighted by Crippen LogP contribution is -2.08. The number of hydrogen-bond donors (Lipinski definition) is 1. The van der Waals surface area contributed by atoms with E-state index in [2.05, 4.69) is 0 Å². The van der Waals surface area contributed by atoms with Crippen molar-refractivity contribution < 1.29 is 19.0 Å². The molecule has 110 valence electrons. The number of hydrogen-bond acceptors (Lipinski definition) is 5. The minimum atomic E-state index is -0.474. The molecule has 0 fully saturated rings. The van der Waals surface area contributed by atoms with Crippen molar-refractivity contribution in [3.05, 3.63) is 53.6 Å². The van der Waals surface area contributed by atoms with Gasteiger partial charge >= 0.3 is 5.97 Å². The fourth-order valence-electron chi connectivity index (χ4n) is 1.92. The third kappa shape index (κ3) is 3.45. The second kappa shape index (κ2) is 6.65. The third-order valence-electron chi connectivity index (χ3n) is 3.00. The lowest BCUT2D eigenvalue weighted by Gasteiger charge is -2.11. The summed E-state index contributed by atoms with van der Waals surface area (Å²) >= 11 is 0. The minimum Gasteiger partial charge on any atom is -0.496 e. The molecule has 0 unspecified atom stereocenters. The van der Waals surface area contributed by atoms with Crippen molar-refractivity contribution in [3.63, 3.8) is 0 Å². The first-order chi connectivity index (χ1) is 10.2. The maximum absolute atomic E-state index is 12.1. The molecule has 0 atom stereocenters. The quantitative estimate of drug-likeness (QED) is 0.676. The minimum absolute atomic E-state index is 0.121. The van der Waals surface area contributed by atoms with E-state index in [4.69, 9.17) is 19.9 Å². The standard InChI is InChI=1S/C16H17NO4/c1-19-14-6-4-3-5-11(14)10-21-16(18)13-8-7-12(17)9-15(13)20-2/h3-9H,10,17H2,1-2H3. The first-order valence-electron chi connectivity index (χ1n) is 6.38. The number of methoxy groups -OCH3 is 2. The molecule has 0 radical (unpaired) electrons. The zero-order chi connectivity index (χ0) is 15.2. The summed E-state index contributed by atoms with van der Waals surface area (Å²) in [6.45, 7) is 0.121. The summed E-state index contributed by atoms with van der Waals surface area (Å²) in [6, 6.07) is 12.2. The zero-order valence-electron chi connectivity index (χ0n) is 12.0. The SMILES string of the molecule is COc1ccccc1COC(=O)c1ccc(N)cc1OC. The molecule has 0 aliphatic carbocycles. The van der Waals surface area contributed by atoms with Crippen LogP contribution in [0.25, 0.3) is 0 Å². The van der Waals surface area contributed by atoms with Gasteiger partial charge < -0.3 is 19.9 Å². The number of carbonyl (C=O) groups is 1. The van der Waals surface area contributed by atoms with Gasteiger partial charge in [0.1, 0.15) is 23.7 Å². The number of benzene rings is 2. The van der Waals surface area contributed by atoms with Gasteiger partial charge in [0.25, 0.3) is 0 Å². The number of para-hydroxylation sites is 1. The van der Waals surface area contributed by atoms with Crippen LogP contribution in [0.5, 0.6) is 11.5 Å². The Balaban J connectivity index is 2.12. The molecule has 0 bridgehead atoms. The van der Waals surface area contributed by atoms with Crippen molar-refractivity contribution in [1.82, 2.24) is 0 Å². The Morgan fingerprint density at radius 2 is 1.76 bits per heavy atom. The van der Waals surface area contributed by atoms with Gasteiger partial charge in [-0.3, -0.25) is 0 Å². The highest BCUT2D eigenvalue weighted by Crippen LogP contribution is 2.24. The van der Waals surface area contributed by atoms with Crippen LogP contribution in [0.2, 0.25) is 0 Å². The summed E-state index contributed by atoms with van der Waals surface area (Å²) < 4.78 is 15.6. The Kier molecular flexibility index (Phi) is 4.66. The van der Waals surface area contributed by atoms with Crippen molar-refractivity contribution in [1.29, 1.82) is 0 Å². The van der Waals surface area contributed by atoms with Gasteiger partial charge in [-0.2, -0.15) is 0 Å². The Morgan fingerprint density at radius 3 is 2.48 bits per heavy atom. The molecule has 2 rings (SSSR count). The summed E-state index contributed by atoms with van der Waals surface area (Å²) in [5.41, 5.74) is 7.31. The largest absolute Gasteiger partial charge is 0.496 e. The average molecular weight is 287 g/mol. The van der Waals surface area contributed by atoms with E-state index in [0.29, 0.717) is 22.7 Å². The van der Waals surface area contributed by atoms with Gasteiger partial charge in [-0.1, -0.05) is 18.2 Å². The smallest absolute Gasteiger partial charge is 0.342 e. The number of anilines is 1. The van der Waals surface area contributed by atoms with E-state index >= 15 is 0 Å². The summed E-state index contributed by atoms with van der Waals surface area (Å²) in [7, 11) is 3.05. The molecule has 0 spiro atoms. The molecule has 2 N–H and O–H groups in total. The molecule has 0 heterocycles. The molecular formula is C16H17NO4. The van der Waals surface area contributed by atoms with Gasteiger partial charge in [0.05, 0.1) is 14.2 Å². The number of ether oxygens (including phenoxy) is 3. The number of nitrogens with two attached hydrogens (primary N) is 1. The predicted molar refractivity (Wildman–Crippen MR) is 79.5 cm³/mol. The maximum atomic E-state index is 12.1. The fraction of sp³-hybridized carbons (Fsp3) is 0.188. The highest BCUT2D eigenvalue weighted by atomic mass is 16.5. The third-order valence-corrected chi connectivity index (χ3v) is 3.00. The van der Waals surface area contributed by atoms with E-state index in [9.17, 15) is 4.79 Å². The van der Waals surface area contributed by atoms with Crippen molar-refractivity contribution in [2.45, 2.75) is 6.61 Å². The molecule has 0 aliphatic heterocycles. The van der Waals surface area contributed by atoms with Crippen molar-refractivity contribution in [2.24, 2.45) is 0 Å². The average Bonchev–Trinajstić information content (AvgIpc) is 2.52. The number of carbonyl (C=O) groups excluding carboxylic acids is 1. The first kappa shape index (κ1) is 14.7. The molecule has 0 amide bonds. The van der Waals surface area contributed by atoms with E-state index < -0.39 is 5.97 Å². The van der Waals surface area contributed by atoms with Crippen LogP contribution in [0.4, 0.5) is 5.69 Å². The molecule has 21 heavy (non-hydrogen) atoms. The van der Waals surface area contributed by atoms with Crippen molar-refractivity contribution in [3.8, 4) is 11.5 Å².